The minimum Gasteiger partial charge on any atom is -0.358 e. The topological polar surface area (TPSA) is 41.8 Å². The molecule has 1 aromatic heterocycles. The number of benzene rings is 1. The van der Waals surface area contributed by atoms with Crippen molar-refractivity contribution in [2.75, 3.05) is 6.54 Å². The molecule has 0 saturated heterocycles. The van der Waals surface area contributed by atoms with Crippen LogP contribution in [0.1, 0.15) is 42.9 Å². The zero-order valence-corrected chi connectivity index (χ0v) is 10.2. The molecular formula is C15H20N2. The van der Waals surface area contributed by atoms with Crippen molar-refractivity contribution in [1.82, 2.24) is 4.98 Å². The molecule has 1 fully saturated rings. The maximum absolute atomic E-state index is 5.67. The molecule has 0 atom stereocenters. The summed E-state index contributed by atoms with van der Waals surface area (Å²) < 4.78 is 0. The Morgan fingerprint density at radius 1 is 1.24 bits per heavy atom. The van der Waals surface area contributed by atoms with Gasteiger partial charge >= 0.3 is 0 Å². The van der Waals surface area contributed by atoms with Gasteiger partial charge in [-0.25, -0.2) is 0 Å². The van der Waals surface area contributed by atoms with Gasteiger partial charge in [-0.15, -0.1) is 0 Å². The lowest BCUT2D eigenvalue weighted by Crippen LogP contribution is -2.02. The van der Waals surface area contributed by atoms with Gasteiger partial charge in [-0.1, -0.05) is 25.0 Å². The van der Waals surface area contributed by atoms with Crippen LogP contribution < -0.4 is 5.73 Å². The Labute approximate surface area is 102 Å². The molecule has 2 aromatic rings. The van der Waals surface area contributed by atoms with Crippen LogP contribution in [0.3, 0.4) is 0 Å². The monoisotopic (exact) mass is 228 g/mol. The van der Waals surface area contributed by atoms with Crippen LogP contribution in [-0.4, -0.2) is 11.5 Å². The van der Waals surface area contributed by atoms with E-state index in [4.69, 9.17) is 5.73 Å². The van der Waals surface area contributed by atoms with Crippen LogP contribution in [0.25, 0.3) is 10.9 Å². The van der Waals surface area contributed by atoms with Gasteiger partial charge in [-0.2, -0.15) is 0 Å². The van der Waals surface area contributed by atoms with Gasteiger partial charge in [-0.05, 0) is 49.4 Å². The van der Waals surface area contributed by atoms with Crippen LogP contribution >= 0.6 is 0 Å². The fraction of sp³-hybridized carbons (Fsp3) is 0.467. The van der Waals surface area contributed by atoms with Gasteiger partial charge in [0.25, 0.3) is 0 Å². The van der Waals surface area contributed by atoms with E-state index < -0.39 is 0 Å². The van der Waals surface area contributed by atoms with Crippen LogP contribution in [0.15, 0.2) is 24.3 Å². The van der Waals surface area contributed by atoms with Crippen LogP contribution in [0, 0.1) is 0 Å². The smallest absolute Gasteiger partial charge is 0.0458 e. The molecule has 2 heteroatoms. The van der Waals surface area contributed by atoms with Crippen molar-refractivity contribution in [1.29, 1.82) is 0 Å². The minimum absolute atomic E-state index is 0.725. The molecule has 1 aliphatic rings. The summed E-state index contributed by atoms with van der Waals surface area (Å²) in [6, 6.07) is 8.85. The second-order valence-electron chi connectivity index (χ2n) is 5.12. The highest BCUT2D eigenvalue weighted by atomic mass is 14.7. The number of H-pyrrole nitrogens is 1. The molecule has 17 heavy (non-hydrogen) atoms. The molecule has 3 N–H and O–H groups in total. The predicted molar refractivity (Wildman–Crippen MR) is 72.3 cm³/mol. The molecule has 1 aliphatic carbocycles. The van der Waals surface area contributed by atoms with E-state index in [9.17, 15) is 0 Å². The van der Waals surface area contributed by atoms with E-state index in [1.54, 1.807) is 0 Å². The molecule has 0 unspecified atom stereocenters. The first kappa shape index (κ1) is 10.8. The summed E-state index contributed by atoms with van der Waals surface area (Å²) in [4.78, 5) is 3.60. The molecule has 1 aromatic carbocycles. The first-order valence-electron chi connectivity index (χ1n) is 6.69. The largest absolute Gasteiger partial charge is 0.358 e. The highest BCUT2D eigenvalue weighted by Gasteiger charge is 2.19. The first-order chi connectivity index (χ1) is 8.38. The predicted octanol–water partition coefficient (Wildman–Crippen LogP) is 3.33. The summed E-state index contributed by atoms with van der Waals surface area (Å²) in [5, 5.41) is 1.37. The van der Waals surface area contributed by atoms with Gasteiger partial charge in [0.15, 0.2) is 0 Å². The summed E-state index contributed by atoms with van der Waals surface area (Å²) in [5.74, 6) is 0.758. The lowest BCUT2D eigenvalue weighted by atomic mass is 10.0. The number of nitrogens with one attached hydrogen (secondary N) is 1. The van der Waals surface area contributed by atoms with E-state index in [0.29, 0.717) is 0 Å². The summed E-state index contributed by atoms with van der Waals surface area (Å²) in [6.45, 7) is 0.725. The molecule has 0 bridgehead atoms. The Morgan fingerprint density at radius 3 is 2.82 bits per heavy atom. The Balaban J connectivity index is 2.02. The maximum atomic E-state index is 5.67. The van der Waals surface area contributed by atoms with Crippen LogP contribution in [0.2, 0.25) is 0 Å². The molecule has 0 aliphatic heterocycles. The third-order valence-electron chi connectivity index (χ3n) is 3.98. The highest BCUT2D eigenvalue weighted by Crippen LogP contribution is 2.35. The normalized spacial score (nSPS) is 17.0. The summed E-state index contributed by atoms with van der Waals surface area (Å²) in [6.07, 6.45) is 6.43. The van der Waals surface area contributed by atoms with Crippen molar-refractivity contribution in [3.05, 3.63) is 35.5 Å². The number of hydrogen-bond acceptors (Lipinski definition) is 1. The third-order valence-corrected chi connectivity index (χ3v) is 3.98. The molecular weight excluding hydrogens is 208 g/mol. The molecule has 0 radical (unpaired) electrons. The van der Waals surface area contributed by atoms with E-state index in [-0.39, 0.29) is 0 Å². The fourth-order valence-electron chi connectivity index (χ4n) is 3.07. The van der Waals surface area contributed by atoms with Gasteiger partial charge in [0, 0.05) is 16.6 Å². The molecule has 90 valence electrons. The van der Waals surface area contributed by atoms with Crippen molar-refractivity contribution in [2.24, 2.45) is 5.73 Å². The summed E-state index contributed by atoms with van der Waals surface area (Å²) >= 11 is 0. The van der Waals surface area contributed by atoms with E-state index in [0.717, 1.165) is 18.9 Å². The average molecular weight is 228 g/mol. The van der Waals surface area contributed by atoms with Gasteiger partial charge in [-0.3, -0.25) is 0 Å². The molecule has 0 amide bonds. The van der Waals surface area contributed by atoms with Gasteiger partial charge in [0.1, 0.15) is 0 Å². The summed E-state index contributed by atoms with van der Waals surface area (Å²) in [7, 11) is 0. The van der Waals surface area contributed by atoms with Gasteiger partial charge < -0.3 is 10.7 Å². The fourth-order valence-corrected chi connectivity index (χ4v) is 3.07. The average Bonchev–Trinajstić information content (AvgIpc) is 2.98. The van der Waals surface area contributed by atoms with E-state index in [1.165, 1.54) is 47.8 Å². The first-order valence-corrected chi connectivity index (χ1v) is 6.69. The number of aromatic amines is 1. The number of nitrogens with two attached hydrogens (primary N) is 1. The van der Waals surface area contributed by atoms with Crippen molar-refractivity contribution in [3.63, 3.8) is 0 Å². The van der Waals surface area contributed by atoms with E-state index in [2.05, 4.69) is 29.2 Å². The third kappa shape index (κ3) is 1.98. The number of aromatic nitrogens is 1. The molecule has 1 heterocycles. The van der Waals surface area contributed by atoms with Crippen molar-refractivity contribution in [3.8, 4) is 0 Å². The zero-order valence-electron chi connectivity index (χ0n) is 10.2. The van der Waals surface area contributed by atoms with Crippen LogP contribution in [0.4, 0.5) is 0 Å². The molecule has 1 saturated carbocycles. The zero-order chi connectivity index (χ0) is 11.7. The van der Waals surface area contributed by atoms with Crippen molar-refractivity contribution in [2.45, 2.75) is 38.0 Å². The second kappa shape index (κ2) is 4.53. The maximum Gasteiger partial charge on any atom is 0.0458 e. The quantitative estimate of drug-likeness (QED) is 0.831. The SMILES string of the molecule is NCCc1cccc2[nH]c(C3CCCC3)cc12. The van der Waals surface area contributed by atoms with Gasteiger partial charge in [0.2, 0.25) is 0 Å². The number of hydrogen-bond donors (Lipinski definition) is 2. The molecule has 0 spiro atoms. The minimum atomic E-state index is 0.725. The Morgan fingerprint density at radius 2 is 2.06 bits per heavy atom. The molecule has 3 rings (SSSR count). The Hall–Kier alpha value is -1.28. The Bertz CT molecular complexity index is 507. The second-order valence-corrected chi connectivity index (χ2v) is 5.12. The van der Waals surface area contributed by atoms with Crippen LogP contribution in [0.5, 0.6) is 0 Å². The lowest BCUT2D eigenvalue weighted by molar-refractivity contribution is 0.705. The Kier molecular flexibility index (Phi) is 2.89. The van der Waals surface area contributed by atoms with Crippen molar-refractivity contribution >= 4 is 10.9 Å². The highest BCUT2D eigenvalue weighted by molar-refractivity contribution is 5.84. The van der Waals surface area contributed by atoms with Gasteiger partial charge in [0.05, 0.1) is 0 Å². The van der Waals surface area contributed by atoms with E-state index in [1.807, 2.05) is 0 Å². The number of rotatable bonds is 3. The summed E-state index contributed by atoms with van der Waals surface area (Å²) in [5.41, 5.74) is 9.76. The number of fused-ring (bicyclic) bond motifs is 1. The van der Waals surface area contributed by atoms with Crippen molar-refractivity contribution < 1.29 is 0 Å². The van der Waals surface area contributed by atoms with E-state index >= 15 is 0 Å². The lowest BCUT2D eigenvalue weighted by Gasteiger charge is -2.04. The van der Waals surface area contributed by atoms with Crippen LogP contribution in [-0.2, 0) is 6.42 Å². The standard InChI is InChI=1S/C15H20N2/c16-9-8-11-6-3-7-14-13(11)10-15(17-14)12-4-1-2-5-12/h3,6-7,10,12,17H,1-2,4-5,8-9,16H2. The molecule has 2 nitrogen and oxygen atoms in total.